The van der Waals surface area contributed by atoms with Gasteiger partial charge in [0.05, 0.1) is 25.9 Å². The number of rotatable bonds is 7. The van der Waals surface area contributed by atoms with Gasteiger partial charge in [-0.25, -0.2) is 13.5 Å². The number of imidazole rings is 1. The summed E-state index contributed by atoms with van der Waals surface area (Å²) in [5, 5.41) is 10.1. The molecule has 7 heteroatoms. The summed E-state index contributed by atoms with van der Waals surface area (Å²) in [6.07, 6.45) is 8.43. The van der Waals surface area contributed by atoms with Crippen LogP contribution < -0.4 is 26.3 Å². The van der Waals surface area contributed by atoms with Crippen molar-refractivity contribution in [2.45, 2.75) is 13.0 Å². The van der Waals surface area contributed by atoms with E-state index in [-0.39, 0.29) is 28.5 Å². The van der Waals surface area contributed by atoms with Gasteiger partial charge in [-0.3, -0.25) is 4.99 Å². The smallest absolute Gasteiger partial charge is 0.243 e. The van der Waals surface area contributed by atoms with Gasteiger partial charge < -0.3 is 26.8 Å². The molecule has 0 fully saturated rings. The van der Waals surface area contributed by atoms with E-state index in [9.17, 15) is 9.50 Å². The summed E-state index contributed by atoms with van der Waals surface area (Å²) in [5.41, 5.74) is 1.19. The molecule has 3 aromatic rings. The molecule has 5 nitrogen and oxygen atoms in total. The molecule has 0 aliphatic heterocycles. The van der Waals surface area contributed by atoms with Crippen molar-refractivity contribution in [1.29, 1.82) is 0 Å². The summed E-state index contributed by atoms with van der Waals surface area (Å²) in [6.45, 7) is 1.43. The quantitative estimate of drug-likeness (QED) is 0.332. The number of ether oxygens (including phenoxy) is 1. The third-order valence-corrected chi connectivity index (χ3v) is 3.83. The number of aromatic hydroxyl groups is 1. The van der Waals surface area contributed by atoms with E-state index < -0.39 is 0 Å². The Bertz CT molecular complexity index is 894. The van der Waals surface area contributed by atoms with Gasteiger partial charge in [0.25, 0.3) is 0 Å². The first-order chi connectivity index (χ1) is 12.6. The predicted molar refractivity (Wildman–Crippen MR) is 97.5 cm³/mol. The third-order valence-electron chi connectivity index (χ3n) is 3.83. The Balaban J connectivity index is 0.00000261. The fourth-order valence-corrected chi connectivity index (χ4v) is 2.46. The molecule has 1 N–H and O–H groups in total. The first kappa shape index (κ1) is 20.6. The van der Waals surface area contributed by atoms with Gasteiger partial charge >= 0.3 is 0 Å². The number of halogens is 2. The maximum Gasteiger partial charge on any atom is 0.243 e. The minimum absolute atomic E-state index is 0. The molecule has 0 saturated heterocycles. The van der Waals surface area contributed by atoms with Crippen molar-refractivity contribution in [3.8, 4) is 11.5 Å². The van der Waals surface area contributed by atoms with Crippen LogP contribution in [0.4, 0.5) is 10.1 Å². The minimum atomic E-state index is -0.307. The van der Waals surface area contributed by atoms with E-state index in [4.69, 9.17) is 4.74 Å². The molecule has 3 rings (SSSR count). The zero-order chi connectivity index (χ0) is 18.4. The van der Waals surface area contributed by atoms with Gasteiger partial charge in [0.2, 0.25) is 6.33 Å². The molecule has 0 aliphatic rings. The largest absolute Gasteiger partial charge is 1.00 e. The molecule has 27 heavy (non-hydrogen) atoms. The van der Waals surface area contributed by atoms with Gasteiger partial charge in [0.15, 0.2) is 0 Å². The molecule has 0 saturated carbocycles. The minimum Gasteiger partial charge on any atom is -1.00 e. The summed E-state index contributed by atoms with van der Waals surface area (Å²) in [5.74, 6) is 0.393. The Labute approximate surface area is 168 Å². The maximum absolute atomic E-state index is 12.9. The van der Waals surface area contributed by atoms with Crippen LogP contribution in [-0.4, -0.2) is 22.5 Å². The number of hydrogen-bond donors (Lipinski definition) is 1. The standard InChI is InChI=1S/C20H20FN3O2.BrH/c1-23-10-11-24(15-23)9-2-12-26-19-8-3-16(20(25)13-19)14-22-18-6-4-17(21)5-7-18;/h3-8,10-11,13-15H,2,9,12H2,1H3;1H. The highest BCUT2D eigenvalue weighted by Crippen LogP contribution is 2.23. The monoisotopic (exact) mass is 433 g/mol. The van der Waals surface area contributed by atoms with Crippen molar-refractivity contribution in [3.63, 3.8) is 0 Å². The van der Waals surface area contributed by atoms with Crippen LogP contribution in [0.1, 0.15) is 12.0 Å². The van der Waals surface area contributed by atoms with E-state index in [2.05, 4.69) is 9.56 Å². The lowest BCUT2D eigenvalue weighted by molar-refractivity contribution is -0.671. The van der Waals surface area contributed by atoms with Gasteiger partial charge in [-0.2, -0.15) is 0 Å². The highest BCUT2D eigenvalue weighted by atomic mass is 79.9. The van der Waals surface area contributed by atoms with Crippen LogP contribution in [0.5, 0.6) is 11.5 Å². The Hall–Kier alpha value is -2.67. The van der Waals surface area contributed by atoms with Crippen LogP contribution in [0, 0.1) is 5.82 Å². The number of hydrogen-bond acceptors (Lipinski definition) is 3. The van der Waals surface area contributed by atoms with Crippen molar-refractivity contribution in [3.05, 3.63) is 72.6 Å². The van der Waals surface area contributed by atoms with Crippen molar-refractivity contribution in [2.75, 3.05) is 6.61 Å². The molecule has 0 amide bonds. The zero-order valence-corrected chi connectivity index (χ0v) is 16.5. The summed E-state index contributed by atoms with van der Waals surface area (Å²) < 4.78 is 22.6. The van der Waals surface area contributed by atoms with Crippen LogP contribution in [0.25, 0.3) is 0 Å². The first-order valence-electron chi connectivity index (χ1n) is 8.36. The molecule has 0 unspecified atom stereocenters. The topological polar surface area (TPSA) is 50.6 Å². The van der Waals surface area contributed by atoms with E-state index in [1.165, 1.54) is 12.1 Å². The lowest BCUT2D eigenvalue weighted by Crippen LogP contribution is -3.00. The Morgan fingerprint density at radius 2 is 2.00 bits per heavy atom. The van der Waals surface area contributed by atoms with Crippen LogP contribution in [-0.2, 0) is 13.6 Å². The summed E-state index contributed by atoms with van der Waals surface area (Å²) in [6, 6.07) is 10.9. The van der Waals surface area contributed by atoms with Gasteiger partial charge in [0.1, 0.15) is 29.7 Å². The second-order valence-electron chi connectivity index (χ2n) is 5.97. The van der Waals surface area contributed by atoms with E-state index in [0.29, 0.717) is 23.6 Å². The van der Waals surface area contributed by atoms with Crippen molar-refractivity contribution >= 4 is 11.9 Å². The van der Waals surface area contributed by atoms with Crippen molar-refractivity contribution < 1.29 is 35.8 Å². The summed E-state index contributed by atoms with van der Waals surface area (Å²) >= 11 is 0. The molecule has 0 aliphatic carbocycles. The maximum atomic E-state index is 12.9. The van der Waals surface area contributed by atoms with Crippen molar-refractivity contribution in [1.82, 2.24) is 4.57 Å². The zero-order valence-electron chi connectivity index (χ0n) is 14.9. The molecule has 1 heterocycles. The second kappa shape index (κ2) is 9.87. The average Bonchev–Trinajstić information content (AvgIpc) is 3.05. The van der Waals surface area contributed by atoms with E-state index in [1.54, 1.807) is 36.5 Å². The van der Waals surface area contributed by atoms with E-state index >= 15 is 0 Å². The first-order valence-corrected chi connectivity index (χ1v) is 8.36. The number of aromatic nitrogens is 2. The van der Waals surface area contributed by atoms with Gasteiger partial charge in [0, 0.05) is 24.3 Å². The summed E-state index contributed by atoms with van der Waals surface area (Å²) in [7, 11) is 1.98. The highest BCUT2D eigenvalue weighted by molar-refractivity contribution is 5.85. The highest BCUT2D eigenvalue weighted by Gasteiger charge is 2.03. The fraction of sp³-hybridized carbons (Fsp3) is 0.200. The van der Waals surface area contributed by atoms with Gasteiger partial charge in [-0.15, -0.1) is 0 Å². The van der Waals surface area contributed by atoms with Crippen LogP contribution in [0.2, 0.25) is 0 Å². The molecule has 142 valence electrons. The van der Waals surface area contributed by atoms with E-state index in [1.807, 2.05) is 30.3 Å². The van der Waals surface area contributed by atoms with Crippen LogP contribution in [0.3, 0.4) is 0 Å². The van der Waals surface area contributed by atoms with Crippen LogP contribution in [0.15, 0.2) is 66.2 Å². The molecular formula is C20H21BrFN3O2. The number of benzene rings is 2. The molecular weight excluding hydrogens is 413 g/mol. The lowest BCUT2D eigenvalue weighted by atomic mass is 10.2. The van der Waals surface area contributed by atoms with Gasteiger partial charge in [-0.05, 0) is 36.4 Å². The number of aliphatic imine (C=N–C) groups is 1. The van der Waals surface area contributed by atoms with Crippen molar-refractivity contribution in [2.24, 2.45) is 12.0 Å². The molecule has 0 radical (unpaired) electrons. The normalized spacial score (nSPS) is 10.7. The third kappa shape index (κ3) is 6.21. The lowest BCUT2D eigenvalue weighted by Gasteiger charge is -2.07. The van der Waals surface area contributed by atoms with Crippen LogP contribution >= 0.6 is 0 Å². The number of aryl methyl sites for hydroxylation is 2. The molecule has 0 atom stereocenters. The number of nitrogens with zero attached hydrogens (tertiary/aromatic N) is 3. The van der Waals surface area contributed by atoms with Gasteiger partial charge in [-0.1, -0.05) is 0 Å². The average molecular weight is 434 g/mol. The molecule has 0 bridgehead atoms. The second-order valence-corrected chi connectivity index (χ2v) is 5.97. The molecule has 1 aromatic heterocycles. The predicted octanol–water partition coefficient (Wildman–Crippen LogP) is 0.381. The Morgan fingerprint density at radius 1 is 1.22 bits per heavy atom. The number of phenolic OH excluding ortho intramolecular Hbond substituents is 1. The van der Waals surface area contributed by atoms with E-state index in [0.717, 1.165) is 13.0 Å². The Kier molecular flexibility index (Phi) is 7.55. The molecule has 0 spiro atoms. The SMILES string of the molecule is C[n+]1ccn(CCCOc2ccc(C=Nc3ccc(F)cc3)c(O)c2)c1.[Br-]. The Morgan fingerprint density at radius 3 is 2.67 bits per heavy atom. The summed E-state index contributed by atoms with van der Waals surface area (Å²) in [4.78, 5) is 4.22. The fourth-order valence-electron chi connectivity index (χ4n) is 2.46. The molecule has 2 aromatic carbocycles. The number of phenols is 1.